The van der Waals surface area contributed by atoms with Crippen molar-refractivity contribution in [1.82, 2.24) is 0 Å². The zero-order chi connectivity index (χ0) is 14.0. The number of allylic oxidation sites excluding steroid dienone is 5. The average molecular weight is 242 g/mol. The number of hydrogen-bond donors (Lipinski definition) is 0. The molecule has 1 aliphatic rings. The molecule has 0 atom stereocenters. The first kappa shape index (κ1) is 16.4. The zero-order valence-corrected chi connectivity index (χ0v) is 12.5. The van der Waals surface area contributed by atoms with Crippen molar-refractivity contribution in [1.29, 1.82) is 0 Å². The van der Waals surface area contributed by atoms with Crippen molar-refractivity contribution in [2.24, 2.45) is 0 Å². The maximum atomic E-state index is 3.76. The molecule has 0 aromatic heterocycles. The van der Waals surface area contributed by atoms with Gasteiger partial charge in [-0.25, -0.2) is 0 Å². The van der Waals surface area contributed by atoms with Gasteiger partial charge in [0.1, 0.15) is 0 Å². The first-order chi connectivity index (χ1) is 8.86. The number of fused-ring (bicyclic) bond motifs is 1. The van der Waals surface area contributed by atoms with Gasteiger partial charge in [0.05, 0.1) is 0 Å². The second-order valence-electron chi connectivity index (χ2n) is 3.46. The van der Waals surface area contributed by atoms with Gasteiger partial charge in [0.25, 0.3) is 0 Å². The van der Waals surface area contributed by atoms with Gasteiger partial charge < -0.3 is 0 Å². The third-order valence-electron chi connectivity index (χ3n) is 2.67. The molecule has 0 heteroatoms. The second kappa shape index (κ2) is 9.47. The Labute approximate surface area is 113 Å². The van der Waals surface area contributed by atoms with E-state index in [4.69, 9.17) is 0 Å². The van der Waals surface area contributed by atoms with E-state index >= 15 is 0 Å². The van der Waals surface area contributed by atoms with Crippen molar-refractivity contribution in [3.05, 3.63) is 65.8 Å². The molecule has 0 N–H and O–H groups in total. The van der Waals surface area contributed by atoms with E-state index in [9.17, 15) is 0 Å². The van der Waals surface area contributed by atoms with Crippen molar-refractivity contribution in [2.75, 3.05) is 0 Å². The van der Waals surface area contributed by atoms with Crippen LogP contribution >= 0.6 is 0 Å². The van der Waals surface area contributed by atoms with Crippen molar-refractivity contribution in [3.8, 4) is 0 Å². The number of rotatable bonds is 1. The first-order valence-corrected chi connectivity index (χ1v) is 6.93. The molecule has 1 aromatic rings. The summed E-state index contributed by atoms with van der Waals surface area (Å²) in [6.07, 6.45) is 7.21. The lowest BCUT2D eigenvalue weighted by Gasteiger charge is -1.99. The van der Waals surface area contributed by atoms with E-state index in [1.807, 2.05) is 33.8 Å². The van der Waals surface area contributed by atoms with E-state index in [1.54, 1.807) is 0 Å². The molecule has 0 spiro atoms. The number of benzene rings is 1. The van der Waals surface area contributed by atoms with Crippen LogP contribution in [0.5, 0.6) is 0 Å². The van der Waals surface area contributed by atoms with E-state index in [2.05, 4.69) is 49.9 Å². The highest BCUT2D eigenvalue weighted by molar-refractivity contribution is 5.86. The Morgan fingerprint density at radius 2 is 1.67 bits per heavy atom. The molecular formula is C18H26. The van der Waals surface area contributed by atoms with Gasteiger partial charge in [0.15, 0.2) is 0 Å². The van der Waals surface area contributed by atoms with Crippen LogP contribution in [0.4, 0.5) is 0 Å². The third-order valence-corrected chi connectivity index (χ3v) is 2.67. The van der Waals surface area contributed by atoms with E-state index < -0.39 is 0 Å². The van der Waals surface area contributed by atoms with Gasteiger partial charge in [0.2, 0.25) is 0 Å². The second-order valence-corrected chi connectivity index (χ2v) is 3.46. The highest BCUT2D eigenvalue weighted by Gasteiger charge is 2.18. The fourth-order valence-electron chi connectivity index (χ4n) is 1.98. The maximum absolute atomic E-state index is 3.76. The predicted molar refractivity (Wildman–Crippen MR) is 84.8 cm³/mol. The van der Waals surface area contributed by atoms with Gasteiger partial charge >= 0.3 is 0 Å². The SMILES string of the molecule is C=C/C=C1\C(=C/C)Cc2ccccc21.CC.CC. The average Bonchev–Trinajstić information content (AvgIpc) is 2.82. The summed E-state index contributed by atoms with van der Waals surface area (Å²) in [5.74, 6) is 0. The van der Waals surface area contributed by atoms with E-state index in [0.29, 0.717) is 0 Å². The van der Waals surface area contributed by atoms with Gasteiger partial charge in [0, 0.05) is 0 Å². The zero-order valence-electron chi connectivity index (χ0n) is 12.5. The normalized spacial score (nSPS) is 16.3. The molecule has 0 nitrogen and oxygen atoms in total. The minimum Gasteiger partial charge on any atom is -0.0990 e. The predicted octanol–water partition coefficient (Wildman–Crippen LogP) is 5.81. The van der Waals surface area contributed by atoms with Crippen LogP contribution in [0, 0.1) is 0 Å². The summed E-state index contributed by atoms with van der Waals surface area (Å²) in [5.41, 5.74) is 5.53. The smallest absolute Gasteiger partial charge is 0.00167 e. The minimum atomic E-state index is 1.06. The van der Waals surface area contributed by atoms with Crippen LogP contribution in [-0.4, -0.2) is 0 Å². The lowest BCUT2D eigenvalue weighted by atomic mass is 10.1. The van der Waals surface area contributed by atoms with Gasteiger partial charge in [-0.2, -0.15) is 0 Å². The maximum Gasteiger partial charge on any atom is -0.00167 e. The quantitative estimate of drug-likeness (QED) is 0.583. The summed E-state index contributed by atoms with van der Waals surface area (Å²) in [7, 11) is 0. The summed E-state index contributed by atoms with van der Waals surface area (Å²) in [6, 6.07) is 8.57. The van der Waals surface area contributed by atoms with Crippen LogP contribution < -0.4 is 0 Å². The third kappa shape index (κ3) is 3.73. The Morgan fingerprint density at radius 3 is 2.22 bits per heavy atom. The van der Waals surface area contributed by atoms with E-state index in [1.165, 1.54) is 22.3 Å². The molecule has 0 fully saturated rings. The van der Waals surface area contributed by atoms with E-state index in [-0.39, 0.29) is 0 Å². The standard InChI is InChI=1S/C14H14.2C2H6/c1-3-7-13-11(4-2)10-12-8-5-6-9-14(12)13;2*1-2/h3-9H,1,10H2,2H3;2*1-2H3/b11-4-,13-7+;;. The lowest BCUT2D eigenvalue weighted by Crippen LogP contribution is -1.78. The van der Waals surface area contributed by atoms with E-state index in [0.717, 1.165) is 6.42 Å². The molecule has 2 rings (SSSR count). The molecule has 0 saturated carbocycles. The van der Waals surface area contributed by atoms with Crippen molar-refractivity contribution < 1.29 is 0 Å². The Kier molecular flexibility index (Phi) is 8.65. The fraction of sp³-hybridized carbons (Fsp3) is 0.333. The fourth-order valence-corrected chi connectivity index (χ4v) is 1.98. The molecule has 0 aliphatic heterocycles. The van der Waals surface area contributed by atoms with Crippen molar-refractivity contribution in [3.63, 3.8) is 0 Å². The van der Waals surface area contributed by atoms with Gasteiger partial charge in [-0.05, 0) is 35.6 Å². The number of hydrogen-bond acceptors (Lipinski definition) is 0. The van der Waals surface area contributed by atoms with Crippen molar-refractivity contribution in [2.45, 2.75) is 41.0 Å². The summed E-state index contributed by atoms with van der Waals surface area (Å²) in [6.45, 7) is 13.9. The molecule has 0 saturated heterocycles. The van der Waals surface area contributed by atoms with Crippen LogP contribution in [0.15, 0.2) is 54.6 Å². The monoisotopic (exact) mass is 242 g/mol. The molecule has 18 heavy (non-hydrogen) atoms. The van der Waals surface area contributed by atoms with Crippen LogP contribution in [0.2, 0.25) is 0 Å². The van der Waals surface area contributed by atoms with Crippen LogP contribution in [0.1, 0.15) is 45.7 Å². The van der Waals surface area contributed by atoms with Crippen LogP contribution in [0.25, 0.3) is 5.57 Å². The first-order valence-electron chi connectivity index (χ1n) is 6.93. The molecule has 1 aliphatic carbocycles. The Balaban J connectivity index is 0.000000659. The van der Waals surface area contributed by atoms with Gasteiger partial charge in [-0.3, -0.25) is 0 Å². The summed E-state index contributed by atoms with van der Waals surface area (Å²) >= 11 is 0. The summed E-state index contributed by atoms with van der Waals surface area (Å²) in [5, 5.41) is 0. The molecule has 0 amide bonds. The molecule has 0 bridgehead atoms. The lowest BCUT2D eigenvalue weighted by molar-refractivity contribution is 1.26. The molecule has 1 aromatic carbocycles. The van der Waals surface area contributed by atoms with Crippen LogP contribution in [0.3, 0.4) is 0 Å². The minimum absolute atomic E-state index is 1.06. The van der Waals surface area contributed by atoms with Crippen molar-refractivity contribution >= 4 is 5.57 Å². The highest BCUT2D eigenvalue weighted by Crippen LogP contribution is 2.36. The van der Waals surface area contributed by atoms with Crippen LogP contribution in [-0.2, 0) is 6.42 Å². The van der Waals surface area contributed by atoms with Gasteiger partial charge in [-0.1, -0.05) is 76.8 Å². The molecule has 0 radical (unpaired) electrons. The molecular weight excluding hydrogens is 216 g/mol. The topological polar surface area (TPSA) is 0 Å². The summed E-state index contributed by atoms with van der Waals surface area (Å²) < 4.78 is 0. The molecule has 0 unspecified atom stereocenters. The molecule has 98 valence electrons. The Hall–Kier alpha value is -1.56. The summed E-state index contributed by atoms with van der Waals surface area (Å²) in [4.78, 5) is 0. The Morgan fingerprint density at radius 1 is 1.06 bits per heavy atom. The molecule has 0 heterocycles. The highest BCUT2D eigenvalue weighted by atomic mass is 14.2. The Bertz CT molecular complexity index is 419. The van der Waals surface area contributed by atoms with Gasteiger partial charge in [-0.15, -0.1) is 0 Å². The largest absolute Gasteiger partial charge is 0.0990 e.